The minimum atomic E-state index is -0.340. The lowest BCUT2D eigenvalue weighted by atomic mass is 10.1. The highest BCUT2D eigenvalue weighted by molar-refractivity contribution is 8.00. The number of benzene rings is 1. The lowest BCUT2D eigenvalue weighted by molar-refractivity contribution is -0.134. The van der Waals surface area contributed by atoms with Gasteiger partial charge in [0.05, 0.1) is 19.3 Å². The van der Waals surface area contributed by atoms with Crippen molar-refractivity contribution in [3.63, 3.8) is 0 Å². The van der Waals surface area contributed by atoms with Crippen LogP contribution >= 0.6 is 11.8 Å². The molecule has 1 atom stereocenters. The first-order valence-electron chi connectivity index (χ1n) is 8.19. The lowest BCUT2D eigenvalue weighted by Crippen LogP contribution is -2.42. The van der Waals surface area contributed by atoms with Gasteiger partial charge in [-0.2, -0.15) is 0 Å². The molecule has 7 nitrogen and oxygen atoms in total. The number of rotatable bonds is 5. The molecule has 0 radical (unpaired) electrons. The van der Waals surface area contributed by atoms with E-state index in [-0.39, 0.29) is 11.2 Å². The van der Waals surface area contributed by atoms with E-state index in [4.69, 9.17) is 4.74 Å². The van der Waals surface area contributed by atoms with Crippen molar-refractivity contribution < 1.29 is 9.53 Å². The number of nitrogens with zero attached hydrogens (tertiary/aromatic N) is 5. The number of carbonyl (C=O) groups excluding carboxylic acids is 1. The van der Waals surface area contributed by atoms with Gasteiger partial charge in [0.15, 0.2) is 0 Å². The first-order chi connectivity index (χ1) is 11.8. The van der Waals surface area contributed by atoms with Crippen LogP contribution in [0.3, 0.4) is 0 Å². The van der Waals surface area contributed by atoms with Gasteiger partial charge in [-0.15, -0.1) is 5.10 Å². The predicted molar refractivity (Wildman–Crippen MR) is 88.5 cm³/mol. The van der Waals surface area contributed by atoms with Gasteiger partial charge in [-0.3, -0.25) is 4.79 Å². The molecule has 126 valence electrons. The van der Waals surface area contributed by atoms with E-state index in [1.54, 1.807) is 0 Å². The molecule has 8 heteroatoms. The summed E-state index contributed by atoms with van der Waals surface area (Å²) >= 11 is 1.44. The zero-order valence-electron chi connectivity index (χ0n) is 13.2. The smallest absolute Gasteiger partial charge is 0.240 e. The Bertz CT molecular complexity index is 698. The van der Waals surface area contributed by atoms with Crippen molar-refractivity contribution >= 4 is 17.7 Å². The largest absolute Gasteiger partial charge is 0.378 e. The number of morpholine rings is 1. The molecule has 2 heterocycles. The minimum Gasteiger partial charge on any atom is -0.378 e. The molecule has 1 saturated carbocycles. The highest BCUT2D eigenvalue weighted by Crippen LogP contribution is 2.41. The van der Waals surface area contributed by atoms with Gasteiger partial charge < -0.3 is 9.64 Å². The summed E-state index contributed by atoms with van der Waals surface area (Å²) in [7, 11) is 0. The predicted octanol–water partition coefficient (Wildman–Crippen LogP) is 1.70. The standard InChI is InChI=1S/C16H19N5O2S/c22-15(20-8-10-23-11-9-20)14(12-4-2-1-3-5-12)24-16-17-18-19-21(16)13-6-7-13/h1-5,13-14H,6-11H2/t14-/m1/s1. The van der Waals surface area contributed by atoms with Gasteiger partial charge in [0.1, 0.15) is 5.25 Å². The van der Waals surface area contributed by atoms with Gasteiger partial charge in [-0.1, -0.05) is 42.1 Å². The van der Waals surface area contributed by atoms with Crippen LogP contribution in [0.5, 0.6) is 0 Å². The molecule has 2 fully saturated rings. The van der Waals surface area contributed by atoms with Crippen molar-refractivity contribution in [3.05, 3.63) is 35.9 Å². The zero-order chi connectivity index (χ0) is 16.4. The van der Waals surface area contributed by atoms with Gasteiger partial charge in [-0.05, 0) is 28.8 Å². The van der Waals surface area contributed by atoms with E-state index in [2.05, 4.69) is 15.5 Å². The topological polar surface area (TPSA) is 73.1 Å². The van der Waals surface area contributed by atoms with Crippen molar-refractivity contribution in [3.8, 4) is 0 Å². The Balaban J connectivity index is 1.60. The van der Waals surface area contributed by atoms with Crippen LogP contribution < -0.4 is 0 Å². The fourth-order valence-corrected chi connectivity index (χ4v) is 3.89. The summed E-state index contributed by atoms with van der Waals surface area (Å²) in [5.41, 5.74) is 0.976. The molecule has 0 bridgehead atoms. The van der Waals surface area contributed by atoms with Crippen LogP contribution in [0.1, 0.15) is 29.7 Å². The third-order valence-electron chi connectivity index (χ3n) is 4.23. The SMILES string of the molecule is O=C([C@H](Sc1nnnn1C1CC1)c1ccccc1)N1CCOCC1. The van der Waals surface area contributed by atoms with Crippen LogP contribution in [0, 0.1) is 0 Å². The molecule has 2 aliphatic rings. The molecule has 2 aromatic rings. The van der Waals surface area contributed by atoms with E-state index in [0.29, 0.717) is 37.5 Å². The van der Waals surface area contributed by atoms with Crippen LogP contribution in [0.15, 0.2) is 35.5 Å². The summed E-state index contributed by atoms with van der Waals surface area (Å²) < 4.78 is 7.22. The number of hydrogen-bond acceptors (Lipinski definition) is 6. The van der Waals surface area contributed by atoms with Crippen LogP contribution in [-0.2, 0) is 9.53 Å². The zero-order valence-corrected chi connectivity index (χ0v) is 14.1. The monoisotopic (exact) mass is 345 g/mol. The average Bonchev–Trinajstić information content (AvgIpc) is 3.39. The summed E-state index contributed by atoms with van der Waals surface area (Å²) in [6, 6.07) is 10.2. The van der Waals surface area contributed by atoms with E-state index in [9.17, 15) is 4.79 Å². The van der Waals surface area contributed by atoms with Gasteiger partial charge in [-0.25, -0.2) is 4.68 Å². The van der Waals surface area contributed by atoms with E-state index >= 15 is 0 Å². The number of thioether (sulfide) groups is 1. The van der Waals surface area contributed by atoms with Crippen molar-refractivity contribution in [2.24, 2.45) is 0 Å². The summed E-state index contributed by atoms with van der Waals surface area (Å²) in [4.78, 5) is 15.0. The number of aromatic nitrogens is 4. The third kappa shape index (κ3) is 3.29. The highest BCUT2D eigenvalue weighted by Gasteiger charge is 2.33. The maximum Gasteiger partial charge on any atom is 0.240 e. The maximum atomic E-state index is 13.1. The van der Waals surface area contributed by atoms with Crippen molar-refractivity contribution in [1.29, 1.82) is 0 Å². The maximum absolute atomic E-state index is 13.1. The summed E-state index contributed by atoms with van der Waals surface area (Å²) in [6.07, 6.45) is 2.21. The first-order valence-corrected chi connectivity index (χ1v) is 9.07. The first kappa shape index (κ1) is 15.6. The van der Waals surface area contributed by atoms with Gasteiger partial charge >= 0.3 is 0 Å². The molecule has 4 rings (SSSR count). The van der Waals surface area contributed by atoms with Crippen molar-refractivity contribution in [2.45, 2.75) is 29.3 Å². The molecule has 0 unspecified atom stereocenters. The third-order valence-corrected chi connectivity index (χ3v) is 5.42. The Kier molecular flexibility index (Phi) is 4.48. The quantitative estimate of drug-likeness (QED) is 0.768. The van der Waals surface area contributed by atoms with Gasteiger partial charge in [0.2, 0.25) is 11.1 Å². The Hall–Kier alpha value is -1.93. The normalized spacial score (nSPS) is 19.2. The van der Waals surface area contributed by atoms with Gasteiger partial charge in [0.25, 0.3) is 0 Å². The molecule has 1 aliphatic carbocycles. The van der Waals surface area contributed by atoms with Gasteiger partial charge in [0, 0.05) is 13.1 Å². The van der Waals surface area contributed by atoms with Crippen LogP contribution in [0.2, 0.25) is 0 Å². The Morgan fingerprint density at radius 1 is 1.21 bits per heavy atom. The Morgan fingerprint density at radius 3 is 2.67 bits per heavy atom. The molecule has 24 heavy (non-hydrogen) atoms. The molecule has 1 amide bonds. The number of tetrazole rings is 1. The van der Waals surface area contributed by atoms with Crippen LogP contribution in [0.4, 0.5) is 0 Å². The summed E-state index contributed by atoms with van der Waals surface area (Å²) in [5, 5.41) is 12.4. The fraction of sp³-hybridized carbons (Fsp3) is 0.500. The highest BCUT2D eigenvalue weighted by atomic mass is 32.2. The van der Waals surface area contributed by atoms with Crippen molar-refractivity contribution in [1.82, 2.24) is 25.1 Å². The second-order valence-corrected chi connectivity index (χ2v) is 7.06. The molecule has 1 aromatic carbocycles. The minimum absolute atomic E-state index is 0.0971. The Morgan fingerprint density at radius 2 is 1.96 bits per heavy atom. The number of amides is 1. The molecular formula is C16H19N5O2S. The number of ether oxygens (including phenoxy) is 1. The average molecular weight is 345 g/mol. The fourth-order valence-electron chi connectivity index (χ4n) is 2.76. The molecule has 1 aliphatic heterocycles. The molecule has 0 N–H and O–H groups in total. The number of hydrogen-bond donors (Lipinski definition) is 0. The summed E-state index contributed by atoms with van der Waals surface area (Å²) in [6.45, 7) is 2.46. The summed E-state index contributed by atoms with van der Waals surface area (Å²) in [5.74, 6) is 0.0971. The van der Waals surface area contributed by atoms with E-state index in [1.165, 1.54) is 11.8 Å². The number of carbonyl (C=O) groups is 1. The van der Waals surface area contributed by atoms with Crippen LogP contribution in [0.25, 0.3) is 0 Å². The van der Waals surface area contributed by atoms with E-state index in [1.807, 2.05) is 39.9 Å². The van der Waals surface area contributed by atoms with E-state index in [0.717, 1.165) is 18.4 Å². The molecule has 1 aromatic heterocycles. The second-order valence-electron chi connectivity index (χ2n) is 5.98. The van der Waals surface area contributed by atoms with Crippen LogP contribution in [-0.4, -0.2) is 57.3 Å². The van der Waals surface area contributed by atoms with Crippen molar-refractivity contribution in [2.75, 3.05) is 26.3 Å². The molecular weight excluding hydrogens is 326 g/mol. The molecule has 1 saturated heterocycles. The molecule has 0 spiro atoms. The lowest BCUT2D eigenvalue weighted by Gasteiger charge is -2.30. The Labute approximate surface area is 144 Å². The van der Waals surface area contributed by atoms with E-state index < -0.39 is 0 Å². The second kappa shape index (κ2) is 6.90.